The van der Waals surface area contributed by atoms with Crippen molar-refractivity contribution in [2.75, 3.05) is 38.5 Å². The van der Waals surface area contributed by atoms with Crippen molar-refractivity contribution < 1.29 is 8.42 Å². The molecular weight excluding hydrogens is 250 g/mol. The normalized spacial score (nSPS) is 26.7. The SMILES string of the molecule is CC(C)NCCS(=O)(=O)N1CCN2CCCC2C1. The number of nitrogens with one attached hydrogen (secondary N) is 1. The molecule has 6 heteroatoms. The molecule has 0 radical (unpaired) electrons. The molecule has 0 spiro atoms. The van der Waals surface area contributed by atoms with Gasteiger partial charge in [-0.3, -0.25) is 4.90 Å². The van der Waals surface area contributed by atoms with Gasteiger partial charge in [-0.1, -0.05) is 13.8 Å². The van der Waals surface area contributed by atoms with E-state index >= 15 is 0 Å². The predicted octanol–water partition coefficient (Wildman–Crippen LogP) is 0.0942. The quantitative estimate of drug-likeness (QED) is 0.773. The number of fused-ring (bicyclic) bond motifs is 1. The molecule has 1 unspecified atom stereocenters. The highest BCUT2D eigenvalue weighted by molar-refractivity contribution is 7.89. The number of nitrogens with zero attached hydrogens (tertiary/aromatic N) is 2. The van der Waals surface area contributed by atoms with Crippen LogP contribution in [0.5, 0.6) is 0 Å². The smallest absolute Gasteiger partial charge is 0.215 e. The van der Waals surface area contributed by atoms with Gasteiger partial charge in [0.25, 0.3) is 0 Å². The van der Waals surface area contributed by atoms with Crippen LogP contribution in [-0.4, -0.2) is 68.2 Å². The number of piperazine rings is 1. The third kappa shape index (κ3) is 3.44. The van der Waals surface area contributed by atoms with Gasteiger partial charge in [-0.25, -0.2) is 8.42 Å². The summed E-state index contributed by atoms with van der Waals surface area (Å²) in [7, 11) is -3.07. The van der Waals surface area contributed by atoms with Crippen LogP contribution in [0.15, 0.2) is 0 Å². The minimum Gasteiger partial charge on any atom is -0.313 e. The summed E-state index contributed by atoms with van der Waals surface area (Å²) in [6, 6.07) is 0.804. The summed E-state index contributed by atoms with van der Waals surface area (Å²) in [5.74, 6) is 0.220. The topological polar surface area (TPSA) is 52.7 Å². The van der Waals surface area contributed by atoms with E-state index in [9.17, 15) is 8.42 Å². The lowest BCUT2D eigenvalue weighted by molar-refractivity contribution is 0.158. The fourth-order valence-electron chi connectivity index (χ4n) is 2.82. The fourth-order valence-corrected chi connectivity index (χ4v) is 4.21. The standard InChI is InChI=1S/C12H25N3O2S/c1-11(2)13-5-9-18(16,17)15-8-7-14-6-3-4-12(14)10-15/h11-13H,3-10H2,1-2H3. The average Bonchev–Trinajstić information content (AvgIpc) is 2.74. The van der Waals surface area contributed by atoms with Crippen molar-refractivity contribution in [2.45, 2.75) is 38.8 Å². The van der Waals surface area contributed by atoms with Crippen LogP contribution in [0, 0.1) is 0 Å². The molecule has 0 aromatic heterocycles. The Morgan fingerprint density at radius 2 is 2.06 bits per heavy atom. The molecule has 2 aliphatic heterocycles. The fraction of sp³-hybridized carbons (Fsp3) is 1.00. The summed E-state index contributed by atoms with van der Waals surface area (Å²) in [4.78, 5) is 2.43. The molecule has 2 saturated heterocycles. The van der Waals surface area contributed by atoms with Crippen LogP contribution in [0.4, 0.5) is 0 Å². The minimum absolute atomic E-state index is 0.220. The molecule has 1 N–H and O–H groups in total. The highest BCUT2D eigenvalue weighted by Gasteiger charge is 2.35. The molecule has 0 aromatic carbocycles. The van der Waals surface area contributed by atoms with E-state index in [1.54, 1.807) is 4.31 Å². The van der Waals surface area contributed by atoms with E-state index in [-0.39, 0.29) is 5.75 Å². The predicted molar refractivity (Wildman–Crippen MR) is 73.1 cm³/mol. The van der Waals surface area contributed by atoms with Gasteiger partial charge in [0.15, 0.2) is 0 Å². The van der Waals surface area contributed by atoms with Gasteiger partial charge in [0.2, 0.25) is 10.0 Å². The zero-order valence-corrected chi connectivity index (χ0v) is 12.2. The molecule has 2 heterocycles. The average molecular weight is 275 g/mol. The Morgan fingerprint density at radius 3 is 2.78 bits per heavy atom. The first-order valence-corrected chi connectivity index (χ1v) is 8.55. The zero-order chi connectivity index (χ0) is 13.2. The van der Waals surface area contributed by atoms with Crippen LogP contribution >= 0.6 is 0 Å². The monoisotopic (exact) mass is 275 g/mol. The largest absolute Gasteiger partial charge is 0.313 e. The summed E-state index contributed by atoms with van der Waals surface area (Å²) in [5.41, 5.74) is 0. The van der Waals surface area contributed by atoms with Gasteiger partial charge >= 0.3 is 0 Å². The molecule has 2 rings (SSSR count). The molecule has 1 atom stereocenters. The highest BCUT2D eigenvalue weighted by atomic mass is 32.2. The molecule has 0 amide bonds. The molecule has 5 nitrogen and oxygen atoms in total. The van der Waals surface area contributed by atoms with E-state index in [4.69, 9.17) is 0 Å². The summed E-state index contributed by atoms with van der Waals surface area (Å²) in [6.45, 7) is 8.03. The highest BCUT2D eigenvalue weighted by Crippen LogP contribution is 2.22. The molecule has 0 aromatic rings. The number of hydrogen-bond acceptors (Lipinski definition) is 4. The first-order valence-electron chi connectivity index (χ1n) is 6.94. The second-order valence-corrected chi connectivity index (χ2v) is 7.70. The van der Waals surface area contributed by atoms with Gasteiger partial charge < -0.3 is 5.32 Å². The van der Waals surface area contributed by atoms with Gasteiger partial charge in [-0.2, -0.15) is 4.31 Å². The van der Waals surface area contributed by atoms with Crippen molar-refractivity contribution >= 4 is 10.0 Å². The Kier molecular flexibility index (Phi) is 4.64. The van der Waals surface area contributed by atoms with E-state index in [2.05, 4.69) is 10.2 Å². The maximum atomic E-state index is 12.2. The zero-order valence-electron chi connectivity index (χ0n) is 11.4. The second kappa shape index (κ2) is 5.86. The summed E-state index contributed by atoms with van der Waals surface area (Å²) >= 11 is 0. The Balaban J connectivity index is 1.86. The Bertz CT molecular complexity index is 370. The Hall–Kier alpha value is -0.170. The molecular formula is C12H25N3O2S. The van der Waals surface area contributed by atoms with Gasteiger partial charge in [0.1, 0.15) is 0 Å². The first kappa shape index (κ1) is 14.2. The lowest BCUT2D eigenvalue weighted by atomic mass is 10.2. The molecule has 18 heavy (non-hydrogen) atoms. The van der Waals surface area contributed by atoms with Crippen molar-refractivity contribution in [3.63, 3.8) is 0 Å². The van der Waals surface area contributed by atoms with E-state index in [0.29, 0.717) is 31.7 Å². The minimum atomic E-state index is -3.07. The molecule has 0 saturated carbocycles. The molecule has 106 valence electrons. The van der Waals surface area contributed by atoms with Crippen LogP contribution in [0.2, 0.25) is 0 Å². The lowest BCUT2D eigenvalue weighted by Gasteiger charge is -2.36. The van der Waals surface area contributed by atoms with Crippen molar-refractivity contribution in [1.29, 1.82) is 0 Å². The van der Waals surface area contributed by atoms with E-state index < -0.39 is 10.0 Å². The third-order valence-corrected chi connectivity index (χ3v) is 5.69. The molecule has 0 aliphatic carbocycles. The van der Waals surface area contributed by atoms with Gasteiger partial charge in [-0.05, 0) is 19.4 Å². The van der Waals surface area contributed by atoms with Crippen molar-refractivity contribution in [1.82, 2.24) is 14.5 Å². The van der Waals surface area contributed by atoms with Crippen molar-refractivity contribution in [3.8, 4) is 0 Å². The van der Waals surface area contributed by atoms with E-state index in [1.807, 2.05) is 13.8 Å². The van der Waals surface area contributed by atoms with Gasteiger partial charge in [0, 0.05) is 38.3 Å². The first-order chi connectivity index (χ1) is 8.49. The maximum absolute atomic E-state index is 12.2. The summed E-state index contributed by atoms with van der Waals surface area (Å²) < 4.78 is 26.1. The van der Waals surface area contributed by atoms with E-state index in [1.165, 1.54) is 6.42 Å². The number of rotatable bonds is 5. The maximum Gasteiger partial charge on any atom is 0.215 e. The molecule has 2 fully saturated rings. The number of hydrogen-bond donors (Lipinski definition) is 1. The summed E-state index contributed by atoms with van der Waals surface area (Å²) in [5, 5.41) is 3.17. The lowest BCUT2D eigenvalue weighted by Crippen LogP contribution is -2.53. The van der Waals surface area contributed by atoms with Crippen LogP contribution in [0.3, 0.4) is 0 Å². The third-order valence-electron chi connectivity index (χ3n) is 3.86. The van der Waals surface area contributed by atoms with Crippen LogP contribution < -0.4 is 5.32 Å². The molecule has 2 aliphatic rings. The van der Waals surface area contributed by atoms with Crippen molar-refractivity contribution in [3.05, 3.63) is 0 Å². The molecule has 0 bridgehead atoms. The van der Waals surface area contributed by atoms with Crippen molar-refractivity contribution in [2.24, 2.45) is 0 Å². The van der Waals surface area contributed by atoms with Crippen LogP contribution in [0.1, 0.15) is 26.7 Å². The Labute approximate surface area is 111 Å². The van der Waals surface area contributed by atoms with Gasteiger partial charge in [-0.15, -0.1) is 0 Å². The summed E-state index contributed by atoms with van der Waals surface area (Å²) in [6.07, 6.45) is 2.36. The second-order valence-electron chi connectivity index (χ2n) is 5.61. The van der Waals surface area contributed by atoms with E-state index in [0.717, 1.165) is 19.5 Å². The Morgan fingerprint density at radius 1 is 1.28 bits per heavy atom. The van der Waals surface area contributed by atoms with Crippen LogP contribution in [-0.2, 0) is 10.0 Å². The number of sulfonamides is 1. The van der Waals surface area contributed by atoms with Crippen LogP contribution in [0.25, 0.3) is 0 Å². The van der Waals surface area contributed by atoms with Gasteiger partial charge in [0.05, 0.1) is 5.75 Å².